The topological polar surface area (TPSA) is 96.6 Å². The molecule has 2 aromatic heterocycles. The van der Waals surface area contributed by atoms with Gasteiger partial charge in [-0.1, -0.05) is 75.4 Å². The first-order chi connectivity index (χ1) is 19.2. The number of furan rings is 1. The molecule has 0 atom stereocenters. The molecule has 2 N–H and O–H groups in total. The quantitative estimate of drug-likeness (QED) is 0.179. The highest BCUT2D eigenvalue weighted by molar-refractivity contribution is 6.08. The first kappa shape index (κ1) is 26.6. The van der Waals surface area contributed by atoms with E-state index in [1.165, 1.54) is 11.8 Å². The van der Waals surface area contributed by atoms with Gasteiger partial charge in [-0.05, 0) is 59.9 Å². The highest BCUT2D eigenvalue weighted by Gasteiger charge is 2.16. The number of nitrogens with one attached hydrogen (secondary N) is 2. The van der Waals surface area contributed by atoms with Gasteiger partial charge in [0.1, 0.15) is 0 Å². The van der Waals surface area contributed by atoms with Crippen molar-refractivity contribution in [3.63, 3.8) is 0 Å². The van der Waals surface area contributed by atoms with Crippen LogP contribution in [0.3, 0.4) is 0 Å². The lowest BCUT2D eigenvalue weighted by Crippen LogP contribution is -2.20. The Balaban J connectivity index is 1.35. The van der Waals surface area contributed by atoms with E-state index < -0.39 is 0 Å². The SMILES string of the molecule is CC(=NNC(=O)c1cc(-c2ccc(C(C)(C)C)cc2)nc2ccccc12)c1ccc(NC(=O)c2ccco2)cc1. The zero-order valence-electron chi connectivity index (χ0n) is 22.9. The van der Waals surface area contributed by atoms with Crippen LogP contribution in [0.15, 0.2) is 107 Å². The zero-order chi connectivity index (χ0) is 28.3. The molecule has 0 aliphatic carbocycles. The van der Waals surface area contributed by atoms with Gasteiger partial charge in [-0.15, -0.1) is 0 Å². The number of benzene rings is 3. The summed E-state index contributed by atoms with van der Waals surface area (Å²) in [6.45, 7) is 8.34. The number of carbonyl (C=O) groups excluding carboxylic acids is 2. The van der Waals surface area contributed by atoms with E-state index >= 15 is 0 Å². The molecule has 7 nitrogen and oxygen atoms in total. The number of carbonyl (C=O) groups is 2. The van der Waals surface area contributed by atoms with Gasteiger partial charge in [-0.25, -0.2) is 10.4 Å². The number of hydrogen-bond acceptors (Lipinski definition) is 5. The fraction of sp³-hybridized carbons (Fsp3) is 0.152. The summed E-state index contributed by atoms with van der Waals surface area (Å²) in [6.07, 6.45) is 1.45. The third-order valence-corrected chi connectivity index (χ3v) is 6.64. The van der Waals surface area contributed by atoms with Crippen LogP contribution in [-0.2, 0) is 5.41 Å². The van der Waals surface area contributed by atoms with Gasteiger partial charge in [0, 0.05) is 16.6 Å². The Hall–Kier alpha value is -5.04. The fourth-order valence-electron chi connectivity index (χ4n) is 4.31. The lowest BCUT2D eigenvalue weighted by atomic mass is 9.86. The summed E-state index contributed by atoms with van der Waals surface area (Å²) in [5, 5.41) is 7.87. The lowest BCUT2D eigenvalue weighted by molar-refractivity contribution is 0.0955. The third kappa shape index (κ3) is 5.83. The van der Waals surface area contributed by atoms with Crippen molar-refractivity contribution in [1.29, 1.82) is 0 Å². The number of aromatic nitrogens is 1. The molecule has 0 aliphatic heterocycles. The van der Waals surface area contributed by atoms with Gasteiger partial charge in [0.15, 0.2) is 5.76 Å². The summed E-state index contributed by atoms with van der Waals surface area (Å²) in [5.74, 6) is -0.421. The van der Waals surface area contributed by atoms with Crippen molar-refractivity contribution in [1.82, 2.24) is 10.4 Å². The molecular weight excluding hydrogens is 500 g/mol. The van der Waals surface area contributed by atoms with Gasteiger partial charge in [-0.2, -0.15) is 5.10 Å². The molecule has 7 heteroatoms. The van der Waals surface area contributed by atoms with Crippen molar-refractivity contribution >= 4 is 34.1 Å². The summed E-state index contributed by atoms with van der Waals surface area (Å²) in [5.41, 5.74) is 8.90. The van der Waals surface area contributed by atoms with E-state index in [1.54, 1.807) is 24.3 Å². The minimum absolute atomic E-state index is 0.0461. The van der Waals surface area contributed by atoms with Crippen LogP contribution >= 0.6 is 0 Å². The van der Waals surface area contributed by atoms with Crippen LogP contribution < -0.4 is 10.7 Å². The van der Waals surface area contributed by atoms with E-state index in [0.717, 1.165) is 27.7 Å². The predicted molar refractivity (Wildman–Crippen MR) is 159 cm³/mol. The average molecular weight is 531 g/mol. The molecule has 0 saturated heterocycles. The van der Waals surface area contributed by atoms with Gasteiger partial charge in [0.25, 0.3) is 11.8 Å². The van der Waals surface area contributed by atoms with E-state index in [9.17, 15) is 9.59 Å². The number of para-hydroxylation sites is 1. The first-order valence-electron chi connectivity index (χ1n) is 13.0. The van der Waals surface area contributed by atoms with Crippen LogP contribution in [0.25, 0.3) is 22.2 Å². The Kier molecular flexibility index (Phi) is 7.29. The van der Waals surface area contributed by atoms with E-state index in [4.69, 9.17) is 9.40 Å². The van der Waals surface area contributed by atoms with Crippen LogP contribution in [0, 0.1) is 0 Å². The molecule has 40 heavy (non-hydrogen) atoms. The molecule has 3 aromatic carbocycles. The van der Waals surface area contributed by atoms with E-state index in [1.807, 2.05) is 61.5 Å². The Morgan fingerprint density at radius 1 is 0.850 bits per heavy atom. The summed E-state index contributed by atoms with van der Waals surface area (Å²) in [4.78, 5) is 30.4. The van der Waals surface area contributed by atoms with Crippen LogP contribution in [-0.4, -0.2) is 22.5 Å². The van der Waals surface area contributed by atoms with Crippen molar-refractivity contribution in [2.75, 3.05) is 5.32 Å². The van der Waals surface area contributed by atoms with Crippen molar-refractivity contribution in [3.05, 3.63) is 120 Å². The van der Waals surface area contributed by atoms with Gasteiger partial charge < -0.3 is 9.73 Å². The molecule has 0 radical (unpaired) electrons. The molecule has 0 saturated carbocycles. The molecule has 0 fully saturated rings. The summed E-state index contributed by atoms with van der Waals surface area (Å²) in [6, 6.07) is 28.1. The smallest absolute Gasteiger partial charge is 0.291 e. The molecule has 2 amide bonds. The van der Waals surface area contributed by atoms with Gasteiger partial charge >= 0.3 is 0 Å². The van der Waals surface area contributed by atoms with E-state index in [0.29, 0.717) is 17.0 Å². The van der Waals surface area contributed by atoms with Crippen LogP contribution in [0.4, 0.5) is 5.69 Å². The minimum Gasteiger partial charge on any atom is -0.459 e. The first-order valence-corrected chi connectivity index (χ1v) is 13.0. The monoisotopic (exact) mass is 530 g/mol. The maximum absolute atomic E-state index is 13.3. The molecule has 5 rings (SSSR count). The highest BCUT2D eigenvalue weighted by Crippen LogP contribution is 2.28. The number of anilines is 1. The van der Waals surface area contributed by atoms with Gasteiger partial charge in [0.05, 0.1) is 28.7 Å². The van der Waals surface area contributed by atoms with E-state index in [2.05, 4.69) is 48.7 Å². The maximum atomic E-state index is 13.3. The molecule has 0 unspecified atom stereocenters. The Bertz CT molecular complexity index is 1700. The van der Waals surface area contributed by atoms with Crippen molar-refractivity contribution in [2.45, 2.75) is 33.1 Å². The number of pyridine rings is 1. The minimum atomic E-state index is -0.329. The fourth-order valence-corrected chi connectivity index (χ4v) is 4.31. The van der Waals surface area contributed by atoms with Crippen LogP contribution in [0.5, 0.6) is 0 Å². The normalized spacial score (nSPS) is 11.8. The number of amides is 2. The highest BCUT2D eigenvalue weighted by atomic mass is 16.3. The Morgan fingerprint density at radius 2 is 1.57 bits per heavy atom. The number of nitrogens with zero attached hydrogens (tertiary/aromatic N) is 2. The van der Waals surface area contributed by atoms with Gasteiger partial charge in [-0.3, -0.25) is 9.59 Å². The van der Waals surface area contributed by atoms with Gasteiger partial charge in [0.2, 0.25) is 0 Å². The van der Waals surface area contributed by atoms with Crippen molar-refractivity contribution < 1.29 is 14.0 Å². The standard InChI is InChI=1S/C33H30N4O3/c1-21(22-13-17-25(18-14-22)34-32(39)30-10-7-19-40-30)36-37-31(38)27-20-29(35-28-9-6-5-8-26(27)28)23-11-15-24(16-12-23)33(2,3)4/h5-20H,1-4H3,(H,34,39)(H,37,38). The average Bonchev–Trinajstić information content (AvgIpc) is 3.51. The maximum Gasteiger partial charge on any atom is 0.291 e. The van der Waals surface area contributed by atoms with Crippen LogP contribution in [0.2, 0.25) is 0 Å². The molecule has 0 spiro atoms. The second-order valence-electron chi connectivity index (χ2n) is 10.5. The number of fused-ring (bicyclic) bond motifs is 1. The number of rotatable bonds is 6. The second-order valence-corrected chi connectivity index (χ2v) is 10.5. The summed E-state index contributed by atoms with van der Waals surface area (Å²) < 4.78 is 5.12. The Labute approximate surface area is 233 Å². The molecule has 200 valence electrons. The third-order valence-electron chi connectivity index (χ3n) is 6.64. The van der Waals surface area contributed by atoms with Crippen LogP contribution in [0.1, 0.15) is 59.7 Å². The molecule has 0 aliphatic rings. The van der Waals surface area contributed by atoms with Crippen molar-refractivity contribution in [3.8, 4) is 11.3 Å². The molecule has 5 aromatic rings. The predicted octanol–water partition coefficient (Wildman–Crippen LogP) is 7.20. The largest absolute Gasteiger partial charge is 0.459 e. The second kappa shape index (κ2) is 11.0. The molecule has 0 bridgehead atoms. The Morgan fingerprint density at radius 3 is 2.25 bits per heavy atom. The van der Waals surface area contributed by atoms with E-state index in [-0.39, 0.29) is 23.0 Å². The molecule has 2 heterocycles. The number of hydrogen-bond donors (Lipinski definition) is 2. The number of hydrazone groups is 1. The summed E-state index contributed by atoms with van der Waals surface area (Å²) >= 11 is 0. The zero-order valence-corrected chi connectivity index (χ0v) is 22.9. The summed E-state index contributed by atoms with van der Waals surface area (Å²) in [7, 11) is 0. The lowest BCUT2D eigenvalue weighted by Gasteiger charge is -2.19. The molecular formula is C33H30N4O3. The van der Waals surface area contributed by atoms with Crippen molar-refractivity contribution in [2.24, 2.45) is 5.10 Å².